The fraction of sp³-hybridized carbons (Fsp3) is 0.467. The zero-order valence-electron chi connectivity index (χ0n) is 12.1. The van der Waals surface area contributed by atoms with Gasteiger partial charge in [0.05, 0.1) is 5.52 Å². The van der Waals surface area contributed by atoms with Gasteiger partial charge >= 0.3 is 5.76 Å². The van der Waals surface area contributed by atoms with Crippen molar-refractivity contribution in [1.82, 2.24) is 14.8 Å². The summed E-state index contributed by atoms with van der Waals surface area (Å²) >= 11 is 0. The maximum Gasteiger partial charge on any atom is 0.419 e. The molecule has 1 aromatic heterocycles. The van der Waals surface area contributed by atoms with Crippen LogP contribution < -0.4 is 11.1 Å². The highest BCUT2D eigenvalue weighted by atomic mass is 16.4. The van der Waals surface area contributed by atoms with Crippen LogP contribution in [0, 0.1) is 6.92 Å². The van der Waals surface area contributed by atoms with Crippen molar-refractivity contribution in [3.8, 4) is 0 Å². The number of hydrogen-bond donors (Lipinski definition) is 1. The Bertz CT molecular complexity index is 711. The van der Waals surface area contributed by atoms with Gasteiger partial charge in [0, 0.05) is 39.1 Å². The van der Waals surface area contributed by atoms with Crippen LogP contribution in [0.15, 0.2) is 27.4 Å². The van der Waals surface area contributed by atoms with Crippen molar-refractivity contribution in [1.29, 1.82) is 0 Å². The summed E-state index contributed by atoms with van der Waals surface area (Å²) in [4.78, 5) is 25.9. The quantitative estimate of drug-likeness (QED) is 0.904. The first kappa shape index (κ1) is 13.9. The maximum absolute atomic E-state index is 12.2. The number of aryl methyl sites for hydroxylation is 2. The van der Waals surface area contributed by atoms with Crippen molar-refractivity contribution in [2.24, 2.45) is 0 Å². The van der Waals surface area contributed by atoms with Crippen LogP contribution in [0.5, 0.6) is 0 Å². The smallest absolute Gasteiger partial charge is 0.408 e. The van der Waals surface area contributed by atoms with E-state index in [0.29, 0.717) is 18.5 Å². The number of amides is 1. The molecule has 1 aliphatic rings. The Kier molecular flexibility index (Phi) is 3.79. The molecule has 2 heterocycles. The molecule has 1 N–H and O–H groups in total. The van der Waals surface area contributed by atoms with Crippen molar-refractivity contribution in [3.63, 3.8) is 0 Å². The minimum Gasteiger partial charge on any atom is -0.408 e. The lowest BCUT2D eigenvalue weighted by Crippen LogP contribution is -2.46. The molecule has 0 spiro atoms. The Labute approximate surface area is 122 Å². The van der Waals surface area contributed by atoms with Gasteiger partial charge in [-0.3, -0.25) is 9.36 Å². The summed E-state index contributed by atoms with van der Waals surface area (Å²) in [7, 11) is 0. The third-order valence-corrected chi connectivity index (χ3v) is 3.84. The molecule has 2 aromatic rings. The fourth-order valence-corrected chi connectivity index (χ4v) is 2.66. The lowest BCUT2D eigenvalue weighted by atomic mass is 10.2. The number of carbonyl (C=O) groups excluding carboxylic acids is 1. The molecule has 1 aliphatic heterocycles. The zero-order valence-corrected chi connectivity index (χ0v) is 12.1. The van der Waals surface area contributed by atoms with E-state index in [9.17, 15) is 9.59 Å². The van der Waals surface area contributed by atoms with E-state index in [4.69, 9.17) is 4.42 Å². The lowest BCUT2D eigenvalue weighted by molar-refractivity contribution is -0.132. The standard InChI is InChI=1S/C15H19N3O3/c1-11-2-3-13-12(10-11)18(15(20)21-13)7-4-14(19)17-8-5-16-6-9-17/h2-3,10,16H,4-9H2,1H3. The first-order valence-corrected chi connectivity index (χ1v) is 7.23. The average Bonchev–Trinajstić information content (AvgIpc) is 2.80. The topological polar surface area (TPSA) is 67.5 Å². The third-order valence-electron chi connectivity index (χ3n) is 3.84. The Morgan fingerprint density at radius 2 is 2.10 bits per heavy atom. The van der Waals surface area contributed by atoms with Crippen LogP contribution in [-0.4, -0.2) is 41.6 Å². The predicted octanol–water partition coefficient (Wildman–Crippen LogP) is 0.725. The van der Waals surface area contributed by atoms with Gasteiger partial charge in [-0.2, -0.15) is 0 Å². The first-order chi connectivity index (χ1) is 10.1. The van der Waals surface area contributed by atoms with Crippen LogP contribution in [0.25, 0.3) is 11.1 Å². The normalized spacial score (nSPS) is 15.6. The van der Waals surface area contributed by atoms with Crippen LogP contribution in [0.2, 0.25) is 0 Å². The SMILES string of the molecule is Cc1ccc2oc(=O)n(CCC(=O)N3CCNCC3)c2c1. The van der Waals surface area contributed by atoms with Crippen LogP contribution in [0.3, 0.4) is 0 Å². The minimum atomic E-state index is -0.399. The molecule has 3 rings (SSSR count). The van der Waals surface area contributed by atoms with Crippen LogP contribution in [0.1, 0.15) is 12.0 Å². The summed E-state index contributed by atoms with van der Waals surface area (Å²) < 4.78 is 6.75. The van der Waals surface area contributed by atoms with Gasteiger partial charge in [-0.05, 0) is 24.6 Å². The number of hydrogen-bond acceptors (Lipinski definition) is 4. The molecular formula is C15H19N3O3. The third kappa shape index (κ3) is 2.85. The van der Waals surface area contributed by atoms with Crippen molar-refractivity contribution >= 4 is 17.0 Å². The fourth-order valence-electron chi connectivity index (χ4n) is 2.66. The Hall–Kier alpha value is -2.08. The second-order valence-electron chi connectivity index (χ2n) is 5.37. The van der Waals surface area contributed by atoms with E-state index in [1.807, 2.05) is 24.0 Å². The number of aromatic nitrogens is 1. The monoisotopic (exact) mass is 289 g/mol. The molecule has 6 nitrogen and oxygen atoms in total. The molecule has 0 unspecified atom stereocenters. The zero-order chi connectivity index (χ0) is 14.8. The summed E-state index contributed by atoms with van der Waals surface area (Å²) in [6.45, 7) is 5.46. The van der Waals surface area contributed by atoms with Crippen LogP contribution >= 0.6 is 0 Å². The maximum atomic E-state index is 12.2. The number of rotatable bonds is 3. The van der Waals surface area contributed by atoms with Crippen LogP contribution in [-0.2, 0) is 11.3 Å². The van der Waals surface area contributed by atoms with Gasteiger partial charge in [0.2, 0.25) is 5.91 Å². The van der Waals surface area contributed by atoms with Crippen molar-refractivity contribution < 1.29 is 9.21 Å². The van der Waals surface area contributed by atoms with Gasteiger partial charge in [-0.1, -0.05) is 6.07 Å². The van der Waals surface area contributed by atoms with E-state index in [2.05, 4.69) is 5.32 Å². The average molecular weight is 289 g/mol. The second kappa shape index (κ2) is 5.73. The van der Waals surface area contributed by atoms with E-state index in [0.717, 1.165) is 37.3 Å². The molecule has 1 amide bonds. The number of fused-ring (bicyclic) bond motifs is 1. The van der Waals surface area contributed by atoms with E-state index >= 15 is 0 Å². The van der Waals surface area contributed by atoms with Gasteiger partial charge in [0.15, 0.2) is 5.58 Å². The Morgan fingerprint density at radius 1 is 1.33 bits per heavy atom. The molecule has 0 atom stereocenters. The molecule has 21 heavy (non-hydrogen) atoms. The molecule has 1 saturated heterocycles. The highest BCUT2D eigenvalue weighted by Gasteiger charge is 2.17. The number of benzene rings is 1. The number of oxazole rings is 1. The van der Waals surface area contributed by atoms with Crippen molar-refractivity contribution in [3.05, 3.63) is 34.3 Å². The molecule has 1 aromatic carbocycles. The Balaban J connectivity index is 1.75. The number of piperazine rings is 1. The summed E-state index contributed by atoms with van der Waals surface area (Å²) in [5, 5.41) is 3.21. The molecule has 0 bridgehead atoms. The summed E-state index contributed by atoms with van der Waals surface area (Å²) in [5.41, 5.74) is 2.39. The summed E-state index contributed by atoms with van der Waals surface area (Å²) in [6.07, 6.45) is 0.322. The van der Waals surface area contributed by atoms with E-state index in [1.54, 1.807) is 10.6 Å². The van der Waals surface area contributed by atoms with Gasteiger partial charge < -0.3 is 14.6 Å². The summed E-state index contributed by atoms with van der Waals surface area (Å²) in [6, 6.07) is 5.61. The molecule has 1 fully saturated rings. The van der Waals surface area contributed by atoms with E-state index in [-0.39, 0.29) is 5.91 Å². The largest absolute Gasteiger partial charge is 0.419 e. The summed E-state index contributed by atoms with van der Waals surface area (Å²) in [5.74, 6) is -0.311. The first-order valence-electron chi connectivity index (χ1n) is 7.23. The van der Waals surface area contributed by atoms with Crippen LogP contribution in [0.4, 0.5) is 0 Å². The van der Waals surface area contributed by atoms with Gasteiger partial charge in [0.1, 0.15) is 0 Å². The Morgan fingerprint density at radius 3 is 2.86 bits per heavy atom. The predicted molar refractivity (Wildman–Crippen MR) is 79.3 cm³/mol. The molecule has 0 aliphatic carbocycles. The number of carbonyl (C=O) groups is 1. The molecule has 6 heteroatoms. The molecule has 0 radical (unpaired) electrons. The number of nitrogens with one attached hydrogen (secondary N) is 1. The number of nitrogens with zero attached hydrogens (tertiary/aromatic N) is 2. The molecular weight excluding hydrogens is 270 g/mol. The van der Waals surface area contributed by atoms with Gasteiger partial charge in [-0.15, -0.1) is 0 Å². The van der Waals surface area contributed by atoms with Gasteiger partial charge in [-0.25, -0.2) is 4.79 Å². The van der Waals surface area contributed by atoms with E-state index in [1.165, 1.54) is 0 Å². The second-order valence-corrected chi connectivity index (χ2v) is 5.37. The minimum absolute atomic E-state index is 0.0883. The highest BCUT2D eigenvalue weighted by molar-refractivity contribution is 5.77. The van der Waals surface area contributed by atoms with Gasteiger partial charge in [0.25, 0.3) is 0 Å². The van der Waals surface area contributed by atoms with Crippen molar-refractivity contribution in [2.45, 2.75) is 19.9 Å². The highest BCUT2D eigenvalue weighted by Crippen LogP contribution is 2.15. The molecule has 112 valence electrons. The van der Waals surface area contributed by atoms with Crippen molar-refractivity contribution in [2.75, 3.05) is 26.2 Å². The molecule has 0 saturated carbocycles. The lowest BCUT2D eigenvalue weighted by Gasteiger charge is -2.27. The van der Waals surface area contributed by atoms with E-state index < -0.39 is 5.76 Å².